The predicted molar refractivity (Wildman–Crippen MR) is 102 cm³/mol. The maximum absolute atomic E-state index is 12.6. The normalized spacial score (nSPS) is 16.7. The van der Waals surface area contributed by atoms with Gasteiger partial charge in [-0.1, -0.05) is 6.92 Å². The highest BCUT2D eigenvalue weighted by molar-refractivity contribution is 5.86. The third-order valence-corrected chi connectivity index (χ3v) is 5.01. The van der Waals surface area contributed by atoms with Gasteiger partial charge >= 0.3 is 0 Å². The number of imidazole rings is 1. The third kappa shape index (κ3) is 5.56. The van der Waals surface area contributed by atoms with Crippen LogP contribution in [0, 0.1) is 0 Å². The van der Waals surface area contributed by atoms with Gasteiger partial charge in [-0.2, -0.15) is 0 Å². The van der Waals surface area contributed by atoms with Crippen molar-refractivity contribution in [2.24, 2.45) is 0 Å². The Labute approximate surface area is 156 Å². The second kappa shape index (κ2) is 9.71. The van der Waals surface area contributed by atoms with Crippen molar-refractivity contribution in [3.05, 3.63) is 18.2 Å². The minimum atomic E-state index is -0.405. The van der Waals surface area contributed by atoms with Gasteiger partial charge in [-0.15, -0.1) is 0 Å². The minimum absolute atomic E-state index is 0.0375. The average Bonchev–Trinajstić information content (AvgIpc) is 3.07. The van der Waals surface area contributed by atoms with Gasteiger partial charge in [-0.05, 0) is 46.3 Å². The van der Waals surface area contributed by atoms with E-state index in [1.165, 1.54) is 6.92 Å². The zero-order chi connectivity index (χ0) is 19.1. The molecule has 0 bridgehead atoms. The summed E-state index contributed by atoms with van der Waals surface area (Å²) in [4.78, 5) is 32.6. The molecule has 1 aromatic rings. The van der Waals surface area contributed by atoms with E-state index in [4.69, 9.17) is 0 Å². The number of amides is 2. The maximum Gasteiger partial charge on any atom is 0.245 e. The molecule has 146 valence electrons. The van der Waals surface area contributed by atoms with Gasteiger partial charge in [0.15, 0.2) is 0 Å². The fourth-order valence-electron chi connectivity index (χ4n) is 3.59. The lowest BCUT2D eigenvalue weighted by atomic mass is 9.95. The van der Waals surface area contributed by atoms with Crippen molar-refractivity contribution in [2.75, 3.05) is 33.7 Å². The summed E-state index contributed by atoms with van der Waals surface area (Å²) >= 11 is 0. The van der Waals surface area contributed by atoms with Gasteiger partial charge in [-0.3, -0.25) is 9.59 Å². The van der Waals surface area contributed by atoms with Crippen LogP contribution in [0.25, 0.3) is 0 Å². The molecule has 0 aliphatic carbocycles. The van der Waals surface area contributed by atoms with E-state index in [-0.39, 0.29) is 11.8 Å². The number of rotatable bonds is 8. The largest absolute Gasteiger partial charge is 0.345 e. The van der Waals surface area contributed by atoms with Gasteiger partial charge in [0, 0.05) is 44.9 Å². The van der Waals surface area contributed by atoms with Gasteiger partial charge in [0.2, 0.25) is 11.8 Å². The van der Waals surface area contributed by atoms with E-state index in [1.807, 2.05) is 18.0 Å². The molecule has 1 N–H and O–H groups in total. The summed E-state index contributed by atoms with van der Waals surface area (Å²) in [5, 5.41) is 2.76. The number of likely N-dealkylation sites (tertiary alicyclic amines) is 1. The van der Waals surface area contributed by atoms with Gasteiger partial charge in [-0.25, -0.2) is 4.98 Å². The topological polar surface area (TPSA) is 70.5 Å². The summed E-state index contributed by atoms with van der Waals surface area (Å²) in [6.45, 7) is 6.88. The van der Waals surface area contributed by atoms with Crippen molar-refractivity contribution in [3.8, 4) is 0 Å². The van der Waals surface area contributed by atoms with Crippen LogP contribution in [-0.4, -0.2) is 70.9 Å². The molecule has 1 aliphatic rings. The lowest BCUT2D eigenvalue weighted by Crippen LogP contribution is -2.50. The Hall–Kier alpha value is -1.89. The first-order valence-corrected chi connectivity index (χ1v) is 9.64. The Bertz CT molecular complexity index is 591. The van der Waals surface area contributed by atoms with Crippen LogP contribution >= 0.6 is 0 Å². The SMILES string of the molecule is CCC(NC(C)=O)C(=O)N1CCC(c2nccn2CCCN(C)C)CC1. The molecule has 2 rings (SSSR count). The molecule has 7 nitrogen and oxygen atoms in total. The molecule has 0 saturated carbocycles. The number of carbonyl (C=O) groups is 2. The first-order valence-electron chi connectivity index (χ1n) is 9.64. The fourth-order valence-corrected chi connectivity index (χ4v) is 3.59. The van der Waals surface area contributed by atoms with Crippen LogP contribution < -0.4 is 5.32 Å². The van der Waals surface area contributed by atoms with Crippen molar-refractivity contribution in [1.82, 2.24) is 24.7 Å². The number of nitrogens with zero attached hydrogens (tertiary/aromatic N) is 4. The molecule has 1 fully saturated rings. The number of aromatic nitrogens is 2. The Morgan fingerprint density at radius 3 is 2.62 bits per heavy atom. The lowest BCUT2D eigenvalue weighted by Gasteiger charge is -2.34. The summed E-state index contributed by atoms with van der Waals surface area (Å²) in [5.41, 5.74) is 0. The van der Waals surface area contributed by atoms with Crippen LogP contribution in [0.5, 0.6) is 0 Å². The molecule has 1 unspecified atom stereocenters. The van der Waals surface area contributed by atoms with Crippen molar-refractivity contribution < 1.29 is 9.59 Å². The number of hydrogen-bond acceptors (Lipinski definition) is 4. The first-order chi connectivity index (χ1) is 12.4. The molecule has 7 heteroatoms. The number of nitrogens with one attached hydrogen (secondary N) is 1. The van der Waals surface area contributed by atoms with E-state index in [1.54, 1.807) is 0 Å². The fraction of sp³-hybridized carbons (Fsp3) is 0.737. The van der Waals surface area contributed by atoms with E-state index in [0.717, 1.165) is 51.3 Å². The van der Waals surface area contributed by atoms with Crippen LogP contribution in [0.4, 0.5) is 0 Å². The van der Waals surface area contributed by atoms with Crippen LogP contribution in [0.1, 0.15) is 51.3 Å². The van der Waals surface area contributed by atoms with Gasteiger partial charge in [0.05, 0.1) is 0 Å². The quantitative estimate of drug-likeness (QED) is 0.759. The van der Waals surface area contributed by atoms with Crippen LogP contribution in [0.3, 0.4) is 0 Å². The summed E-state index contributed by atoms with van der Waals surface area (Å²) in [7, 11) is 4.18. The number of aryl methyl sites for hydroxylation is 1. The Balaban J connectivity index is 1.89. The maximum atomic E-state index is 12.6. The standard InChI is InChI=1S/C19H33N5O2/c1-5-17(21-15(2)25)19(26)24-12-7-16(8-13-24)18-20-9-14-23(18)11-6-10-22(3)4/h9,14,16-17H,5-8,10-13H2,1-4H3,(H,21,25). The average molecular weight is 364 g/mol. The molecular weight excluding hydrogens is 330 g/mol. The smallest absolute Gasteiger partial charge is 0.245 e. The molecule has 1 aromatic heterocycles. The molecule has 2 heterocycles. The minimum Gasteiger partial charge on any atom is -0.345 e. The summed E-state index contributed by atoms with van der Waals surface area (Å²) in [6, 6.07) is -0.405. The van der Waals surface area contributed by atoms with Crippen LogP contribution in [0.2, 0.25) is 0 Å². The second-order valence-electron chi connectivity index (χ2n) is 7.40. The zero-order valence-corrected chi connectivity index (χ0v) is 16.6. The van der Waals surface area contributed by atoms with Crippen molar-refractivity contribution in [1.29, 1.82) is 0 Å². The Morgan fingerprint density at radius 1 is 1.35 bits per heavy atom. The van der Waals surface area contributed by atoms with E-state index in [9.17, 15) is 9.59 Å². The van der Waals surface area contributed by atoms with E-state index in [2.05, 4.69) is 40.1 Å². The van der Waals surface area contributed by atoms with E-state index in [0.29, 0.717) is 12.3 Å². The number of piperidine rings is 1. The monoisotopic (exact) mass is 363 g/mol. The van der Waals surface area contributed by atoms with Gasteiger partial charge < -0.3 is 19.7 Å². The molecule has 0 radical (unpaired) electrons. The molecule has 0 aromatic carbocycles. The van der Waals surface area contributed by atoms with E-state index < -0.39 is 6.04 Å². The molecule has 2 amide bonds. The highest BCUT2D eigenvalue weighted by atomic mass is 16.2. The number of carbonyl (C=O) groups excluding carboxylic acids is 2. The molecule has 1 aliphatic heterocycles. The van der Waals surface area contributed by atoms with Gasteiger partial charge in [0.25, 0.3) is 0 Å². The third-order valence-electron chi connectivity index (χ3n) is 5.01. The molecule has 0 spiro atoms. The summed E-state index contributed by atoms with van der Waals surface area (Å²) in [5.74, 6) is 1.43. The summed E-state index contributed by atoms with van der Waals surface area (Å²) in [6.07, 6.45) is 7.51. The highest BCUT2D eigenvalue weighted by Crippen LogP contribution is 2.27. The molecule has 26 heavy (non-hydrogen) atoms. The lowest BCUT2D eigenvalue weighted by molar-refractivity contribution is -0.137. The first kappa shape index (κ1) is 20.4. The summed E-state index contributed by atoms with van der Waals surface area (Å²) < 4.78 is 2.26. The van der Waals surface area contributed by atoms with Gasteiger partial charge in [0.1, 0.15) is 11.9 Å². The van der Waals surface area contributed by atoms with Crippen LogP contribution in [0.15, 0.2) is 12.4 Å². The Morgan fingerprint density at radius 2 is 2.04 bits per heavy atom. The van der Waals surface area contributed by atoms with Crippen molar-refractivity contribution in [3.63, 3.8) is 0 Å². The predicted octanol–water partition coefficient (Wildman–Crippen LogP) is 1.46. The Kier molecular flexibility index (Phi) is 7.63. The zero-order valence-electron chi connectivity index (χ0n) is 16.6. The molecule has 1 saturated heterocycles. The van der Waals surface area contributed by atoms with Crippen molar-refractivity contribution >= 4 is 11.8 Å². The second-order valence-corrected chi connectivity index (χ2v) is 7.40. The van der Waals surface area contributed by atoms with Crippen LogP contribution in [-0.2, 0) is 16.1 Å². The van der Waals surface area contributed by atoms with Crippen molar-refractivity contribution in [2.45, 2.75) is 58.0 Å². The molecule has 1 atom stereocenters. The van der Waals surface area contributed by atoms with E-state index >= 15 is 0 Å². The molecular formula is C19H33N5O2. The highest BCUT2D eigenvalue weighted by Gasteiger charge is 2.29. The number of hydrogen-bond donors (Lipinski definition) is 1.